The smallest absolute Gasteiger partial charge is 0.326 e. The fourth-order valence-corrected chi connectivity index (χ4v) is 1.67. The predicted molar refractivity (Wildman–Crippen MR) is 56.4 cm³/mol. The summed E-state index contributed by atoms with van der Waals surface area (Å²) in [7, 11) is 0. The zero-order valence-electron chi connectivity index (χ0n) is 8.08. The molecule has 1 aromatic heterocycles. The molecule has 4 nitrogen and oxygen atoms in total. The Kier molecular flexibility index (Phi) is 2.13. The van der Waals surface area contributed by atoms with Crippen molar-refractivity contribution in [2.24, 2.45) is 5.73 Å². The van der Waals surface area contributed by atoms with Gasteiger partial charge in [-0.25, -0.2) is 4.79 Å². The average Bonchev–Trinajstić information content (AvgIpc) is 2.47. The highest BCUT2D eigenvalue weighted by molar-refractivity contribution is 5.78. The van der Waals surface area contributed by atoms with Crippen molar-refractivity contribution in [3.63, 3.8) is 0 Å². The molecule has 14 heavy (non-hydrogen) atoms. The topological polar surface area (TPSA) is 63.8 Å². The molecular formula is C10H13N3O. The molecule has 2 rings (SSSR count). The van der Waals surface area contributed by atoms with Crippen LogP contribution in [0, 0.1) is 6.92 Å². The van der Waals surface area contributed by atoms with Gasteiger partial charge in [0.1, 0.15) is 0 Å². The van der Waals surface area contributed by atoms with E-state index in [4.69, 9.17) is 5.73 Å². The van der Waals surface area contributed by atoms with Crippen molar-refractivity contribution in [3.05, 3.63) is 34.2 Å². The molecule has 1 aromatic carbocycles. The molecule has 4 heteroatoms. The minimum atomic E-state index is -0.0836. The van der Waals surface area contributed by atoms with E-state index in [0.29, 0.717) is 13.1 Å². The van der Waals surface area contributed by atoms with Crippen LogP contribution in [0.3, 0.4) is 0 Å². The second-order valence-corrected chi connectivity index (χ2v) is 3.34. The van der Waals surface area contributed by atoms with Crippen LogP contribution in [0.25, 0.3) is 11.0 Å². The highest BCUT2D eigenvalue weighted by atomic mass is 16.1. The summed E-state index contributed by atoms with van der Waals surface area (Å²) in [5.41, 5.74) is 8.28. The number of aryl methyl sites for hydroxylation is 1. The van der Waals surface area contributed by atoms with Crippen molar-refractivity contribution in [1.82, 2.24) is 9.55 Å². The molecule has 0 spiro atoms. The number of aromatic amines is 1. The summed E-state index contributed by atoms with van der Waals surface area (Å²) in [6, 6.07) is 5.85. The number of nitrogens with two attached hydrogens (primary N) is 1. The molecule has 3 N–H and O–H groups in total. The summed E-state index contributed by atoms with van der Waals surface area (Å²) < 4.78 is 1.67. The van der Waals surface area contributed by atoms with Gasteiger partial charge in [0, 0.05) is 13.1 Å². The van der Waals surface area contributed by atoms with Crippen molar-refractivity contribution in [3.8, 4) is 0 Å². The number of nitrogens with one attached hydrogen (secondary N) is 1. The van der Waals surface area contributed by atoms with Crippen molar-refractivity contribution in [2.75, 3.05) is 6.54 Å². The number of hydrogen-bond acceptors (Lipinski definition) is 2. The minimum Gasteiger partial charge on any atom is -0.329 e. The Balaban J connectivity index is 2.77. The molecule has 0 bridgehead atoms. The first-order valence-corrected chi connectivity index (χ1v) is 4.62. The van der Waals surface area contributed by atoms with Gasteiger partial charge in [-0.15, -0.1) is 0 Å². The van der Waals surface area contributed by atoms with Crippen LogP contribution in [0.15, 0.2) is 23.0 Å². The van der Waals surface area contributed by atoms with Gasteiger partial charge in [0.25, 0.3) is 0 Å². The lowest BCUT2D eigenvalue weighted by atomic mass is 10.2. The van der Waals surface area contributed by atoms with E-state index in [9.17, 15) is 4.79 Å². The number of benzene rings is 1. The van der Waals surface area contributed by atoms with Crippen molar-refractivity contribution in [1.29, 1.82) is 0 Å². The molecule has 0 aliphatic rings. The van der Waals surface area contributed by atoms with Gasteiger partial charge in [0.15, 0.2) is 0 Å². The third-order valence-electron chi connectivity index (χ3n) is 2.37. The van der Waals surface area contributed by atoms with Crippen LogP contribution in [0.1, 0.15) is 5.56 Å². The number of imidazole rings is 1. The number of H-pyrrole nitrogens is 1. The maximum Gasteiger partial charge on any atom is 0.326 e. The van der Waals surface area contributed by atoms with E-state index in [1.165, 1.54) is 0 Å². The van der Waals surface area contributed by atoms with Crippen LogP contribution in [0.4, 0.5) is 0 Å². The summed E-state index contributed by atoms with van der Waals surface area (Å²) >= 11 is 0. The summed E-state index contributed by atoms with van der Waals surface area (Å²) in [6.45, 7) is 3.01. The van der Waals surface area contributed by atoms with E-state index in [2.05, 4.69) is 4.98 Å². The summed E-state index contributed by atoms with van der Waals surface area (Å²) in [6.07, 6.45) is 0. The van der Waals surface area contributed by atoms with Gasteiger partial charge >= 0.3 is 5.69 Å². The third-order valence-corrected chi connectivity index (χ3v) is 2.37. The quantitative estimate of drug-likeness (QED) is 0.730. The van der Waals surface area contributed by atoms with E-state index in [1.54, 1.807) is 4.57 Å². The first-order valence-electron chi connectivity index (χ1n) is 4.62. The summed E-state index contributed by atoms with van der Waals surface area (Å²) in [4.78, 5) is 14.4. The van der Waals surface area contributed by atoms with Gasteiger partial charge in [-0.3, -0.25) is 4.57 Å². The normalized spacial score (nSPS) is 11.0. The van der Waals surface area contributed by atoms with Crippen LogP contribution >= 0.6 is 0 Å². The molecule has 2 aromatic rings. The zero-order chi connectivity index (χ0) is 10.1. The van der Waals surface area contributed by atoms with E-state index in [0.717, 1.165) is 16.6 Å². The largest absolute Gasteiger partial charge is 0.329 e. The highest BCUT2D eigenvalue weighted by Gasteiger charge is 2.06. The first kappa shape index (κ1) is 9.02. The Labute approximate surface area is 81.3 Å². The van der Waals surface area contributed by atoms with Crippen molar-refractivity contribution in [2.45, 2.75) is 13.5 Å². The Morgan fingerprint density at radius 1 is 1.50 bits per heavy atom. The zero-order valence-corrected chi connectivity index (χ0v) is 8.08. The monoisotopic (exact) mass is 191 g/mol. The molecule has 0 unspecified atom stereocenters. The van der Waals surface area contributed by atoms with Crippen molar-refractivity contribution >= 4 is 11.0 Å². The molecule has 0 amide bonds. The maximum absolute atomic E-state index is 11.5. The standard InChI is InChI=1S/C10H13N3O/c1-7-3-2-4-8-9(7)12-10(14)13(8)6-5-11/h2-4H,5-6,11H2,1H3,(H,12,14). The lowest BCUT2D eigenvalue weighted by molar-refractivity contribution is 0.703. The molecule has 0 atom stereocenters. The molecule has 0 aliphatic carbocycles. The van der Waals surface area contributed by atoms with E-state index in [-0.39, 0.29) is 5.69 Å². The Bertz CT molecular complexity index is 510. The molecule has 74 valence electrons. The van der Waals surface area contributed by atoms with Gasteiger partial charge in [-0.1, -0.05) is 12.1 Å². The van der Waals surface area contributed by atoms with Crippen LogP contribution < -0.4 is 11.4 Å². The molecule has 0 saturated carbocycles. The number of fused-ring (bicyclic) bond motifs is 1. The van der Waals surface area contributed by atoms with E-state index < -0.39 is 0 Å². The molecule has 0 saturated heterocycles. The summed E-state index contributed by atoms with van der Waals surface area (Å²) in [5, 5.41) is 0. The van der Waals surface area contributed by atoms with Gasteiger partial charge in [0.05, 0.1) is 11.0 Å². The van der Waals surface area contributed by atoms with E-state index in [1.807, 2.05) is 25.1 Å². The molecular weight excluding hydrogens is 178 g/mol. The number of para-hydroxylation sites is 1. The van der Waals surface area contributed by atoms with Gasteiger partial charge < -0.3 is 10.7 Å². The maximum atomic E-state index is 11.5. The lowest BCUT2D eigenvalue weighted by Crippen LogP contribution is -2.21. The fraction of sp³-hybridized carbons (Fsp3) is 0.300. The average molecular weight is 191 g/mol. The third kappa shape index (κ3) is 1.24. The second-order valence-electron chi connectivity index (χ2n) is 3.34. The Hall–Kier alpha value is -1.55. The summed E-state index contributed by atoms with van der Waals surface area (Å²) in [5.74, 6) is 0. The number of nitrogens with zero attached hydrogens (tertiary/aromatic N) is 1. The lowest BCUT2D eigenvalue weighted by Gasteiger charge is -2.00. The van der Waals surface area contributed by atoms with Gasteiger partial charge in [-0.05, 0) is 18.6 Å². The van der Waals surface area contributed by atoms with Crippen LogP contribution in [0.5, 0.6) is 0 Å². The molecule has 0 radical (unpaired) electrons. The number of aromatic nitrogens is 2. The Morgan fingerprint density at radius 2 is 2.29 bits per heavy atom. The highest BCUT2D eigenvalue weighted by Crippen LogP contribution is 2.13. The second kappa shape index (κ2) is 3.31. The van der Waals surface area contributed by atoms with Crippen LogP contribution in [0.2, 0.25) is 0 Å². The fourth-order valence-electron chi connectivity index (χ4n) is 1.67. The Morgan fingerprint density at radius 3 is 3.00 bits per heavy atom. The predicted octanol–water partition coefficient (Wildman–Crippen LogP) is 0.597. The number of rotatable bonds is 2. The SMILES string of the molecule is Cc1cccc2c1[nH]c(=O)n2CCN. The molecule has 0 fully saturated rings. The minimum absolute atomic E-state index is 0.0836. The first-order chi connectivity index (χ1) is 6.74. The van der Waals surface area contributed by atoms with Crippen LogP contribution in [-0.2, 0) is 6.54 Å². The molecule has 1 heterocycles. The van der Waals surface area contributed by atoms with Gasteiger partial charge in [0.2, 0.25) is 0 Å². The van der Waals surface area contributed by atoms with E-state index >= 15 is 0 Å². The van der Waals surface area contributed by atoms with Crippen LogP contribution in [-0.4, -0.2) is 16.1 Å². The van der Waals surface area contributed by atoms with Gasteiger partial charge in [-0.2, -0.15) is 0 Å². The molecule has 0 aliphatic heterocycles. The number of hydrogen-bond donors (Lipinski definition) is 2. The van der Waals surface area contributed by atoms with Crippen molar-refractivity contribution < 1.29 is 0 Å².